The summed E-state index contributed by atoms with van der Waals surface area (Å²) in [6.45, 7) is 4.00. The lowest BCUT2D eigenvalue weighted by Gasteiger charge is -2.06. The number of aryl methyl sites for hydroxylation is 3. The van der Waals surface area contributed by atoms with Gasteiger partial charge in [-0.1, -0.05) is 12.1 Å². The quantitative estimate of drug-likeness (QED) is 0.479. The van der Waals surface area contributed by atoms with Crippen molar-refractivity contribution in [3.8, 4) is 17.1 Å². The lowest BCUT2D eigenvalue weighted by Crippen LogP contribution is -2.29. The molecule has 4 heterocycles. The van der Waals surface area contributed by atoms with Crippen molar-refractivity contribution < 1.29 is 0 Å². The fourth-order valence-electron chi connectivity index (χ4n) is 3.97. The van der Waals surface area contributed by atoms with Gasteiger partial charge in [0.15, 0.2) is 0 Å². The monoisotopic (exact) mass is 370 g/mol. The third kappa shape index (κ3) is 2.16. The lowest BCUT2D eigenvalue weighted by atomic mass is 9.98. The van der Waals surface area contributed by atoms with Crippen LogP contribution >= 0.6 is 0 Å². The van der Waals surface area contributed by atoms with Gasteiger partial charge in [0, 0.05) is 47.8 Å². The molecule has 1 aromatic carbocycles. The average molecular weight is 370 g/mol. The van der Waals surface area contributed by atoms with E-state index in [0.29, 0.717) is 0 Å². The van der Waals surface area contributed by atoms with Gasteiger partial charge >= 0.3 is 5.69 Å². The molecule has 28 heavy (non-hydrogen) atoms. The Labute approximate surface area is 160 Å². The van der Waals surface area contributed by atoms with Gasteiger partial charge in [0.2, 0.25) is 0 Å². The molecule has 4 aromatic heterocycles. The van der Waals surface area contributed by atoms with Gasteiger partial charge in [-0.2, -0.15) is 5.10 Å². The molecule has 7 heteroatoms. The molecule has 0 unspecified atom stereocenters. The second kappa shape index (κ2) is 5.88. The van der Waals surface area contributed by atoms with E-state index < -0.39 is 0 Å². The first-order valence-corrected chi connectivity index (χ1v) is 8.99. The predicted octanol–water partition coefficient (Wildman–Crippen LogP) is 3.05. The summed E-state index contributed by atoms with van der Waals surface area (Å²) in [5, 5.41) is 5.47. The number of rotatable bonds is 2. The molecule has 0 aliphatic heterocycles. The molecule has 5 rings (SSSR count). The second-order valence-electron chi connectivity index (χ2n) is 6.86. The SMILES string of the molecule is Cc1c(-c2cccc3c2ccn3C)c(C)n2c(=O)n(-c3ncccn3)ncc12. The molecule has 5 aromatic rings. The van der Waals surface area contributed by atoms with E-state index in [9.17, 15) is 4.79 Å². The molecule has 0 N–H and O–H groups in total. The van der Waals surface area contributed by atoms with Crippen LogP contribution in [0.25, 0.3) is 33.5 Å². The van der Waals surface area contributed by atoms with Crippen molar-refractivity contribution in [2.75, 3.05) is 0 Å². The van der Waals surface area contributed by atoms with Gasteiger partial charge in [0.05, 0.1) is 11.7 Å². The average Bonchev–Trinajstić information content (AvgIpc) is 3.21. The Morgan fingerprint density at radius 3 is 2.54 bits per heavy atom. The van der Waals surface area contributed by atoms with Crippen LogP contribution < -0.4 is 5.69 Å². The number of fused-ring (bicyclic) bond motifs is 2. The molecular weight excluding hydrogens is 352 g/mol. The number of hydrogen-bond acceptors (Lipinski definition) is 4. The van der Waals surface area contributed by atoms with Gasteiger partial charge < -0.3 is 4.57 Å². The minimum Gasteiger partial charge on any atom is -0.351 e. The maximum atomic E-state index is 13.2. The van der Waals surface area contributed by atoms with Crippen molar-refractivity contribution in [1.29, 1.82) is 0 Å². The Morgan fingerprint density at radius 1 is 0.964 bits per heavy atom. The predicted molar refractivity (Wildman–Crippen MR) is 108 cm³/mol. The number of aromatic nitrogens is 6. The molecule has 0 fully saturated rings. The smallest absolute Gasteiger partial charge is 0.351 e. The summed E-state index contributed by atoms with van der Waals surface area (Å²) in [6.07, 6.45) is 6.94. The molecule has 0 amide bonds. The zero-order valence-electron chi connectivity index (χ0n) is 15.8. The lowest BCUT2D eigenvalue weighted by molar-refractivity contribution is 0.703. The van der Waals surface area contributed by atoms with E-state index in [0.717, 1.165) is 38.8 Å². The first-order valence-electron chi connectivity index (χ1n) is 8.99. The summed E-state index contributed by atoms with van der Waals surface area (Å²) in [5.41, 5.74) is 5.73. The Morgan fingerprint density at radius 2 is 1.75 bits per heavy atom. The van der Waals surface area contributed by atoms with Gasteiger partial charge in [-0.3, -0.25) is 4.40 Å². The molecule has 0 radical (unpaired) electrons. The van der Waals surface area contributed by atoms with Gasteiger partial charge in [-0.25, -0.2) is 14.8 Å². The standard InChI is InChI=1S/C21H18N6O/c1-13-18-12-24-27(20-22-9-5-10-23-20)21(28)26(18)14(2)19(13)16-6-4-7-17-15(16)8-11-25(17)3/h4-12H,1-3H3. The summed E-state index contributed by atoms with van der Waals surface area (Å²) in [6, 6.07) is 10.1. The highest BCUT2D eigenvalue weighted by atomic mass is 16.2. The van der Waals surface area contributed by atoms with E-state index in [1.165, 1.54) is 4.68 Å². The van der Waals surface area contributed by atoms with E-state index in [1.807, 2.05) is 27.0 Å². The highest BCUT2D eigenvalue weighted by Crippen LogP contribution is 2.36. The van der Waals surface area contributed by atoms with E-state index >= 15 is 0 Å². The summed E-state index contributed by atoms with van der Waals surface area (Å²) < 4.78 is 5.02. The Hall–Kier alpha value is -3.74. The van der Waals surface area contributed by atoms with E-state index in [-0.39, 0.29) is 11.6 Å². The Bertz CT molecular complexity index is 1410. The highest BCUT2D eigenvalue weighted by molar-refractivity contribution is 5.98. The topological polar surface area (TPSA) is 70.0 Å². The third-order valence-corrected chi connectivity index (χ3v) is 5.30. The van der Waals surface area contributed by atoms with Gasteiger partial charge in [0.25, 0.3) is 5.95 Å². The molecule has 0 aliphatic carbocycles. The van der Waals surface area contributed by atoms with E-state index in [2.05, 4.69) is 44.0 Å². The van der Waals surface area contributed by atoms with Crippen LogP contribution in [0.1, 0.15) is 11.3 Å². The summed E-state index contributed by atoms with van der Waals surface area (Å²) in [4.78, 5) is 21.5. The number of benzene rings is 1. The van der Waals surface area contributed by atoms with Crippen LogP contribution in [0.2, 0.25) is 0 Å². The van der Waals surface area contributed by atoms with Crippen LogP contribution in [-0.2, 0) is 7.05 Å². The molecular formula is C21H18N6O. The van der Waals surface area contributed by atoms with E-state index in [1.54, 1.807) is 29.1 Å². The van der Waals surface area contributed by atoms with Gasteiger partial charge in [0.1, 0.15) is 0 Å². The Balaban J connectivity index is 1.85. The molecule has 138 valence electrons. The first-order chi connectivity index (χ1) is 13.6. The molecule has 0 saturated carbocycles. The molecule has 0 atom stereocenters. The minimum absolute atomic E-state index is 0.256. The normalized spacial score (nSPS) is 11.5. The molecule has 0 spiro atoms. The third-order valence-electron chi connectivity index (χ3n) is 5.30. The Kier molecular flexibility index (Phi) is 3.45. The second-order valence-corrected chi connectivity index (χ2v) is 6.86. The van der Waals surface area contributed by atoms with Crippen LogP contribution in [-0.4, -0.2) is 28.7 Å². The highest BCUT2D eigenvalue weighted by Gasteiger charge is 2.20. The van der Waals surface area contributed by atoms with Crippen molar-refractivity contribution in [3.63, 3.8) is 0 Å². The molecule has 7 nitrogen and oxygen atoms in total. The van der Waals surface area contributed by atoms with Crippen LogP contribution in [0.3, 0.4) is 0 Å². The van der Waals surface area contributed by atoms with Gasteiger partial charge in [-0.05, 0) is 43.2 Å². The van der Waals surface area contributed by atoms with Crippen LogP contribution in [0.15, 0.2) is 59.9 Å². The first kappa shape index (κ1) is 16.4. The van der Waals surface area contributed by atoms with Crippen molar-refractivity contribution in [2.24, 2.45) is 7.05 Å². The zero-order valence-corrected chi connectivity index (χ0v) is 15.8. The van der Waals surface area contributed by atoms with Crippen LogP contribution in [0, 0.1) is 13.8 Å². The van der Waals surface area contributed by atoms with Crippen molar-refractivity contribution in [3.05, 3.63) is 76.9 Å². The summed E-state index contributed by atoms with van der Waals surface area (Å²) in [7, 11) is 2.03. The number of hydrogen-bond donors (Lipinski definition) is 0. The van der Waals surface area contributed by atoms with Crippen molar-refractivity contribution in [2.45, 2.75) is 13.8 Å². The van der Waals surface area contributed by atoms with E-state index in [4.69, 9.17) is 0 Å². The fourth-order valence-corrected chi connectivity index (χ4v) is 3.97. The van der Waals surface area contributed by atoms with Crippen LogP contribution in [0.5, 0.6) is 0 Å². The minimum atomic E-state index is -0.282. The fraction of sp³-hybridized carbons (Fsp3) is 0.143. The van der Waals surface area contributed by atoms with Crippen molar-refractivity contribution in [1.82, 2.24) is 28.7 Å². The van der Waals surface area contributed by atoms with Crippen LogP contribution in [0.4, 0.5) is 0 Å². The van der Waals surface area contributed by atoms with Gasteiger partial charge in [-0.15, -0.1) is 4.68 Å². The molecule has 0 bridgehead atoms. The maximum Gasteiger partial charge on any atom is 0.356 e. The largest absolute Gasteiger partial charge is 0.356 e. The van der Waals surface area contributed by atoms with Crippen molar-refractivity contribution >= 4 is 16.4 Å². The summed E-state index contributed by atoms with van der Waals surface area (Å²) in [5.74, 6) is 0.256. The number of nitrogens with zero attached hydrogens (tertiary/aromatic N) is 6. The zero-order chi connectivity index (χ0) is 19.4. The maximum absolute atomic E-state index is 13.2. The molecule has 0 aliphatic rings. The summed E-state index contributed by atoms with van der Waals surface area (Å²) >= 11 is 0. The molecule has 0 saturated heterocycles.